The van der Waals surface area contributed by atoms with Crippen LogP contribution in [0.1, 0.15) is 57.4 Å². The normalized spacial score (nSPS) is 10.0. The maximum atomic E-state index is 5.65. The molecular formula is C18H30N4. The first kappa shape index (κ1) is 18.1. The molecule has 0 atom stereocenters. The maximum Gasteiger partial charge on any atom is 0.0717 e. The van der Waals surface area contributed by atoms with E-state index in [1.165, 1.54) is 56.9 Å². The number of aryl methyl sites for hydroxylation is 1. The molecule has 4 nitrogen and oxygen atoms in total. The van der Waals surface area contributed by atoms with E-state index in [1.807, 2.05) is 12.1 Å². The summed E-state index contributed by atoms with van der Waals surface area (Å²) >= 11 is 0. The Morgan fingerprint density at radius 1 is 0.864 bits per heavy atom. The Bertz CT molecular complexity index is 462. The number of nitrogens with two attached hydrogens (primary N) is 2. The molecule has 0 saturated carbocycles. The lowest BCUT2D eigenvalue weighted by Crippen LogP contribution is -1.88. The molecule has 1 aromatic heterocycles. The molecule has 22 heavy (non-hydrogen) atoms. The average molecular weight is 302 g/mol. The second kappa shape index (κ2) is 11.7. The van der Waals surface area contributed by atoms with Crippen molar-refractivity contribution in [3.8, 4) is 0 Å². The number of nitrogens with one attached hydrogen (secondary N) is 1. The lowest BCUT2D eigenvalue weighted by Gasteiger charge is -2.02. The molecule has 0 radical (unpaired) electrons. The molecule has 2 rings (SSSR count). The Labute approximate surface area is 134 Å². The Hall–Kier alpha value is -1.97. The van der Waals surface area contributed by atoms with Gasteiger partial charge in [-0.2, -0.15) is 5.10 Å². The minimum atomic E-state index is 0.676. The van der Waals surface area contributed by atoms with Crippen molar-refractivity contribution in [2.24, 2.45) is 0 Å². The number of anilines is 2. The zero-order chi connectivity index (χ0) is 16.0. The number of nitrogen functional groups attached to an aromatic ring is 2. The van der Waals surface area contributed by atoms with Crippen LogP contribution >= 0.6 is 0 Å². The van der Waals surface area contributed by atoms with Gasteiger partial charge in [0.2, 0.25) is 0 Å². The predicted molar refractivity (Wildman–Crippen MR) is 95.6 cm³/mol. The first-order chi connectivity index (χ1) is 10.7. The van der Waals surface area contributed by atoms with Gasteiger partial charge in [-0.05, 0) is 30.5 Å². The monoisotopic (exact) mass is 302 g/mol. The third-order valence-electron chi connectivity index (χ3n) is 3.57. The first-order valence-electron chi connectivity index (χ1n) is 8.31. The fraction of sp³-hybridized carbons (Fsp3) is 0.500. The molecule has 1 aromatic carbocycles. The van der Waals surface area contributed by atoms with Crippen LogP contribution in [0.4, 0.5) is 11.4 Å². The third-order valence-corrected chi connectivity index (χ3v) is 3.57. The highest BCUT2D eigenvalue weighted by Crippen LogP contribution is 2.12. The number of nitrogens with zero attached hydrogens (tertiary/aromatic N) is 1. The van der Waals surface area contributed by atoms with Crippen molar-refractivity contribution in [2.75, 3.05) is 11.5 Å². The third kappa shape index (κ3) is 9.06. The molecule has 0 fully saturated rings. The number of hydrogen-bond donors (Lipinski definition) is 3. The van der Waals surface area contributed by atoms with Gasteiger partial charge in [0.1, 0.15) is 0 Å². The summed E-state index contributed by atoms with van der Waals surface area (Å²) in [6, 6.07) is 8.28. The molecule has 5 N–H and O–H groups in total. The summed E-state index contributed by atoms with van der Waals surface area (Å²) in [4.78, 5) is 0. The molecule has 0 aliphatic carbocycles. The summed E-state index contributed by atoms with van der Waals surface area (Å²) in [6.07, 6.45) is 14.0. The van der Waals surface area contributed by atoms with Crippen LogP contribution in [-0.2, 0) is 6.42 Å². The summed E-state index contributed by atoms with van der Waals surface area (Å²) in [7, 11) is 0. The van der Waals surface area contributed by atoms with Crippen molar-refractivity contribution in [1.82, 2.24) is 10.2 Å². The Morgan fingerprint density at radius 3 is 2.00 bits per heavy atom. The van der Waals surface area contributed by atoms with Crippen LogP contribution in [0.25, 0.3) is 0 Å². The van der Waals surface area contributed by atoms with Crippen LogP contribution in [0, 0.1) is 0 Å². The van der Waals surface area contributed by atoms with Crippen LogP contribution in [0.15, 0.2) is 36.7 Å². The lowest BCUT2D eigenvalue weighted by atomic mass is 10.0. The standard InChI is InChI=1S/C15H25N.C3H5N3/c1-2-3-4-5-6-7-8-9-14-10-12-15(16)13-11-14;4-3-1-5-6-2-3/h10-13H,2-9,16H2,1H3;1-2H,4H2,(H,5,6). The molecule has 0 spiro atoms. The number of benzene rings is 1. The zero-order valence-corrected chi connectivity index (χ0v) is 13.7. The zero-order valence-electron chi connectivity index (χ0n) is 13.7. The van der Waals surface area contributed by atoms with E-state index in [2.05, 4.69) is 29.3 Å². The number of H-pyrrole nitrogens is 1. The maximum absolute atomic E-state index is 5.65. The lowest BCUT2D eigenvalue weighted by molar-refractivity contribution is 0.589. The molecule has 0 aliphatic rings. The minimum Gasteiger partial charge on any atom is -0.399 e. The van der Waals surface area contributed by atoms with Gasteiger partial charge in [-0.1, -0.05) is 57.6 Å². The van der Waals surface area contributed by atoms with Gasteiger partial charge in [0.15, 0.2) is 0 Å². The molecule has 2 aromatic rings. The minimum absolute atomic E-state index is 0.676. The molecule has 122 valence electrons. The van der Waals surface area contributed by atoms with Crippen LogP contribution < -0.4 is 11.5 Å². The van der Waals surface area contributed by atoms with Crippen molar-refractivity contribution >= 4 is 11.4 Å². The molecule has 4 heteroatoms. The van der Waals surface area contributed by atoms with Crippen LogP contribution in [0.5, 0.6) is 0 Å². The van der Waals surface area contributed by atoms with Crippen molar-refractivity contribution < 1.29 is 0 Å². The molecule has 0 aliphatic heterocycles. The number of rotatable bonds is 8. The van der Waals surface area contributed by atoms with Gasteiger partial charge in [0.05, 0.1) is 11.9 Å². The number of hydrogen-bond acceptors (Lipinski definition) is 3. The molecule has 1 heterocycles. The largest absolute Gasteiger partial charge is 0.399 e. The van der Waals surface area contributed by atoms with Gasteiger partial charge < -0.3 is 11.5 Å². The van der Waals surface area contributed by atoms with E-state index in [1.54, 1.807) is 12.4 Å². The highest BCUT2D eigenvalue weighted by atomic mass is 15.1. The summed E-state index contributed by atoms with van der Waals surface area (Å²) in [5.74, 6) is 0. The Morgan fingerprint density at radius 2 is 1.50 bits per heavy atom. The second-order valence-corrected chi connectivity index (χ2v) is 5.64. The summed E-state index contributed by atoms with van der Waals surface area (Å²) < 4.78 is 0. The van der Waals surface area contributed by atoms with Crippen molar-refractivity contribution in [3.05, 3.63) is 42.2 Å². The van der Waals surface area contributed by atoms with Gasteiger partial charge >= 0.3 is 0 Å². The van der Waals surface area contributed by atoms with E-state index in [4.69, 9.17) is 11.5 Å². The summed E-state index contributed by atoms with van der Waals surface area (Å²) in [5, 5.41) is 6.13. The van der Waals surface area contributed by atoms with Crippen molar-refractivity contribution in [1.29, 1.82) is 0 Å². The van der Waals surface area contributed by atoms with Gasteiger partial charge in [-0.25, -0.2) is 0 Å². The quantitative estimate of drug-likeness (QED) is 0.494. The van der Waals surface area contributed by atoms with Gasteiger partial charge in [-0.15, -0.1) is 0 Å². The van der Waals surface area contributed by atoms with Crippen LogP contribution in [0.2, 0.25) is 0 Å². The van der Waals surface area contributed by atoms with Gasteiger partial charge in [0, 0.05) is 11.9 Å². The summed E-state index contributed by atoms with van der Waals surface area (Å²) in [6.45, 7) is 2.26. The number of aromatic amines is 1. The topological polar surface area (TPSA) is 80.7 Å². The Kier molecular flexibility index (Phi) is 9.59. The average Bonchev–Trinajstić information content (AvgIpc) is 3.00. The molecular weight excluding hydrogens is 272 g/mol. The molecule has 0 bridgehead atoms. The number of aromatic nitrogens is 2. The second-order valence-electron chi connectivity index (χ2n) is 5.64. The highest BCUT2D eigenvalue weighted by molar-refractivity contribution is 5.39. The predicted octanol–water partition coefficient (Wildman–Crippen LogP) is 4.55. The highest BCUT2D eigenvalue weighted by Gasteiger charge is 1.94. The Balaban J connectivity index is 0.000000335. The fourth-order valence-corrected chi connectivity index (χ4v) is 2.23. The molecule has 0 saturated heterocycles. The van der Waals surface area contributed by atoms with E-state index in [0.717, 1.165) is 5.69 Å². The first-order valence-corrected chi connectivity index (χ1v) is 8.31. The smallest absolute Gasteiger partial charge is 0.0717 e. The van der Waals surface area contributed by atoms with E-state index in [9.17, 15) is 0 Å². The van der Waals surface area contributed by atoms with E-state index < -0.39 is 0 Å². The van der Waals surface area contributed by atoms with Gasteiger partial charge in [0.25, 0.3) is 0 Å². The number of unbranched alkanes of at least 4 members (excludes halogenated alkanes) is 6. The van der Waals surface area contributed by atoms with Crippen molar-refractivity contribution in [3.63, 3.8) is 0 Å². The van der Waals surface area contributed by atoms with Crippen LogP contribution in [-0.4, -0.2) is 10.2 Å². The molecule has 0 unspecified atom stereocenters. The van der Waals surface area contributed by atoms with E-state index >= 15 is 0 Å². The van der Waals surface area contributed by atoms with Gasteiger partial charge in [-0.3, -0.25) is 5.10 Å². The van der Waals surface area contributed by atoms with Crippen LogP contribution in [0.3, 0.4) is 0 Å². The summed E-state index contributed by atoms with van der Waals surface area (Å²) in [5.41, 5.74) is 13.8. The SMILES string of the molecule is CCCCCCCCCc1ccc(N)cc1.Nc1cn[nH]c1. The van der Waals surface area contributed by atoms with Crippen molar-refractivity contribution in [2.45, 2.75) is 58.3 Å². The van der Waals surface area contributed by atoms with E-state index in [0.29, 0.717) is 5.69 Å². The molecule has 0 amide bonds. The fourth-order valence-electron chi connectivity index (χ4n) is 2.23. The van der Waals surface area contributed by atoms with E-state index in [-0.39, 0.29) is 0 Å².